The summed E-state index contributed by atoms with van der Waals surface area (Å²) >= 11 is 0. The summed E-state index contributed by atoms with van der Waals surface area (Å²) in [6.07, 6.45) is 0.201. The minimum atomic E-state index is -3.27. The first-order chi connectivity index (χ1) is 8.93. The van der Waals surface area contributed by atoms with Crippen molar-refractivity contribution in [1.29, 1.82) is 0 Å². The van der Waals surface area contributed by atoms with Crippen LogP contribution in [0.25, 0.3) is 0 Å². The van der Waals surface area contributed by atoms with Crippen molar-refractivity contribution < 1.29 is 8.42 Å². The molecule has 8 nitrogen and oxygen atoms in total. The van der Waals surface area contributed by atoms with Crippen LogP contribution in [0, 0.1) is 11.8 Å². The second kappa shape index (κ2) is 4.84. The van der Waals surface area contributed by atoms with Gasteiger partial charge in [-0.15, -0.1) is 10.0 Å². The molecule has 100 valence electrons. The number of tetrazole rings is 1. The van der Waals surface area contributed by atoms with Crippen molar-refractivity contribution in [3.63, 3.8) is 0 Å². The molecule has 19 heavy (non-hydrogen) atoms. The number of benzene rings is 1. The standard InChI is InChI=1S/C10H11N5O3S/c1-7-11-13-14-15(7)10(12-16)8-3-5-9(6-4-8)19(2,17)18/h3-6,10H,1-2H3. The lowest BCUT2D eigenvalue weighted by atomic mass is 10.2. The van der Waals surface area contributed by atoms with Crippen LogP contribution in [-0.2, 0) is 9.84 Å². The first kappa shape index (κ1) is 13.3. The quantitative estimate of drug-likeness (QED) is 0.763. The van der Waals surface area contributed by atoms with E-state index in [0.29, 0.717) is 11.4 Å². The maximum atomic E-state index is 11.3. The van der Waals surface area contributed by atoms with E-state index in [2.05, 4.69) is 20.7 Å². The van der Waals surface area contributed by atoms with Crippen molar-refractivity contribution in [2.24, 2.45) is 5.18 Å². The summed E-state index contributed by atoms with van der Waals surface area (Å²) in [4.78, 5) is 11.1. The third-order valence-electron chi connectivity index (χ3n) is 2.60. The van der Waals surface area contributed by atoms with Gasteiger partial charge in [0.25, 0.3) is 0 Å². The fraction of sp³-hybridized carbons (Fsp3) is 0.300. The van der Waals surface area contributed by atoms with Crippen LogP contribution in [0.15, 0.2) is 34.3 Å². The van der Waals surface area contributed by atoms with Crippen LogP contribution in [0.1, 0.15) is 17.6 Å². The fourth-order valence-corrected chi connectivity index (χ4v) is 2.23. The Balaban J connectivity index is 2.41. The molecule has 0 amide bonds. The van der Waals surface area contributed by atoms with E-state index in [1.807, 2.05) is 0 Å². The molecular formula is C10H11N5O3S. The number of aromatic nitrogens is 4. The van der Waals surface area contributed by atoms with Gasteiger partial charge in [0.05, 0.1) is 4.90 Å². The van der Waals surface area contributed by atoms with Gasteiger partial charge in [0.1, 0.15) is 0 Å². The SMILES string of the molecule is Cc1nnnn1C(N=O)c1ccc(S(C)(=O)=O)cc1. The molecule has 9 heteroatoms. The molecule has 1 heterocycles. The van der Waals surface area contributed by atoms with Gasteiger partial charge in [-0.1, -0.05) is 12.1 Å². The Hall–Kier alpha value is -2.16. The Kier molecular flexibility index (Phi) is 3.38. The van der Waals surface area contributed by atoms with Crippen LogP contribution in [0.5, 0.6) is 0 Å². The van der Waals surface area contributed by atoms with Crippen LogP contribution < -0.4 is 0 Å². The molecule has 0 spiro atoms. The Bertz CT molecular complexity index is 692. The molecule has 0 saturated heterocycles. The smallest absolute Gasteiger partial charge is 0.212 e. The highest BCUT2D eigenvalue weighted by Gasteiger charge is 2.18. The molecular weight excluding hydrogens is 270 g/mol. The van der Waals surface area contributed by atoms with Gasteiger partial charge in [-0.2, -0.15) is 4.68 Å². The summed E-state index contributed by atoms with van der Waals surface area (Å²) in [5, 5.41) is 13.8. The molecule has 2 rings (SSSR count). The van der Waals surface area contributed by atoms with E-state index in [1.54, 1.807) is 6.92 Å². The fourth-order valence-electron chi connectivity index (χ4n) is 1.60. The van der Waals surface area contributed by atoms with E-state index < -0.39 is 16.0 Å². The number of sulfone groups is 1. The van der Waals surface area contributed by atoms with Crippen molar-refractivity contribution in [2.75, 3.05) is 6.26 Å². The predicted octanol–water partition coefficient (Wildman–Crippen LogP) is 0.698. The van der Waals surface area contributed by atoms with Crippen LogP contribution in [0.2, 0.25) is 0 Å². The van der Waals surface area contributed by atoms with E-state index in [-0.39, 0.29) is 4.90 Å². The number of aryl methyl sites for hydroxylation is 1. The molecule has 2 aromatic rings. The zero-order chi connectivity index (χ0) is 14.0. The summed E-state index contributed by atoms with van der Waals surface area (Å²) in [5.41, 5.74) is 0.512. The number of hydrogen-bond acceptors (Lipinski definition) is 7. The Morgan fingerprint density at radius 2 is 1.89 bits per heavy atom. The van der Waals surface area contributed by atoms with Gasteiger partial charge < -0.3 is 0 Å². The zero-order valence-electron chi connectivity index (χ0n) is 10.3. The van der Waals surface area contributed by atoms with Gasteiger partial charge in [0, 0.05) is 11.8 Å². The van der Waals surface area contributed by atoms with Crippen molar-refractivity contribution in [3.05, 3.63) is 40.6 Å². The molecule has 0 aliphatic carbocycles. The highest BCUT2D eigenvalue weighted by molar-refractivity contribution is 7.90. The van der Waals surface area contributed by atoms with E-state index in [0.717, 1.165) is 6.26 Å². The van der Waals surface area contributed by atoms with Crippen molar-refractivity contribution in [1.82, 2.24) is 20.2 Å². The molecule has 0 saturated carbocycles. The highest BCUT2D eigenvalue weighted by Crippen LogP contribution is 2.21. The third kappa shape index (κ3) is 2.65. The number of nitroso groups, excluding NO2 is 1. The van der Waals surface area contributed by atoms with Gasteiger partial charge in [-0.25, -0.2) is 8.42 Å². The molecule has 0 fully saturated rings. The largest absolute Gasteiger partial charge is 0.224 e. The van der Waals surface area contributed by atoms with Crippen LogP contribution in [-0.4, -0.2) is 34.9 Å². The number of nitrogens with zero attached hydrogens (tertiary/aromatic N) is 5. The van der Waals surface area contributed by atoms with E-state index in [4.69, 9.17) is 0 Å². The number of hydrogen-bond donors (Lipinski definition) is 0. The summed E-state index contributed by atoms with van der Waals surface area (Å²) in [5.74, 6) is 0.441. The molecule has 0 radical (unpaired) electrons. The Morgan fingerprint density at radius 3 is 2.32 bits per heavy atom. The van der Waals surface area contributed by atoms with Crippen LogP contribution in [0.4, 0.5) is 0 Å². The van der Waals surface area contributed by atoms with Gasteiger partial charge in [-0.05, 0) is 34.7 Å². The first-order valence-electron chi connectivity index (χ1n) is 5.30. The summed E-state index contributed by atoms with van der Waals surface area (Å²) in [6, 6.07) is 5.87. The second-order valence-corrected chi connectivity index (χ2v) is 6.01. The maximum Gasteiger partial charge on any atom is 0.212 e. The third-order valence-corrected chi connectivity index (χ3v) is 3.72. The second-order valence-electron chi connectivity index (χ2n) is 3.99. The lowest BCUT2D eigenvalue weighted by molar-refractivity contribution is 0.510. The minimum Gasteiger partial charge on any atom is -0.224 e. The lowest BCUT2D eigenvalue weighted by Gasteiger charge is -2.10. The van der Waals surface area contributed by atoms with Crippen molar-refractivity contribution >= 4 is 9.84 Å². The first-order valence-corrected chi connectivity index (χ1v) is 7.19. The van der Waals surface area contributed by atoms with Gasteiger partial charge in [0.2, 0.25) is 6.17 Å². The predicted molar refractivity (Wildman–Crippen MR) is 66.0 cm³/mol. The monoisotopic (exact) mass is 281 g/mol. The molecule has 0 N–H and O–H groups in total. The normalized spacial score (nSPS) is 13.2. The van der Waals surface area contributed by atoms with Crippen molar-refractivity contribution in [2.45, 2.75) is 18.0 Å². The topological polar surface area (TPSA) is 107 Å². The van der Waals surface area contributed by atoms with Crippen LogP contribution in [0.3, 0.4) is 0 Å². The average Bonchev–Trinajstić information content (AvgIpc) is 2.76. The van der Waals surface area contributed by atoms with E-state index >= 15 is 0 Å². The Labute approximate surface area is 109 Å². The summed E-state index contributed by atoms with van der Waals surface area (Å²) in [6.45, 7) is 1.64. The van der Waals surface area contributed by atoms with Gasteiger partial charge in [0.15, 0.2) is 15.7 Å². The van der Waals surface area contributed by atoms with Crippen molar-refractivity contribution in [3.8, 4) is 0 Å². The molecule has 0 aliphatic rings. The average molecular weight is 281 g/mol. The zero-order valence-corrected chi connectivity index (χ0v) is 11.1. The van der Waals surface area contributed by atoms with Gasteiger partial charge in [-0.3, -0.25) is 0 Å². The minimum absolute atomic E-state index is 0.175. The molecule has 1 unspecified atom stereocenters. The molecule has 1 atom stereocenters. The summed E-state index contributed by atoms with van der Waals surface area (Å²) in [7, 11) is -3.27. The highest BCUT2D eigenvalue weighted by atomic mass is 32.2. The molecule has 0 aliphatic heterocycles. The van der Waals surface area contributed by atoms with Gasteiger partial charge >= 0.3 is 0 Å². The van der Waals surface area contributed by atoms with E-state index in [9.17, 15) is 13.3 Å². The molecule has 1 aromatic carbocycles. The summed E-state index contributed by atoms with van der Waals surface area (Å²) < 4.78 is 24.0. The van der Waals surface area contributed by atoms with E-state index in [1.165, 1.54) is 28.9 Å². The maximum absolute atomic E-state index is 11.3. The molecule has 0 bridgehead atoms. The Morgan fingerprint density at radius 1 is 1.26 bits per heavy atom. The van der Waals surface area contributed by atoms with Crippen LogP contribution >= 0.6 is 0 Å². The lowest BCUT2D eigenvalue weighted by Crippen LogP contribution is -2.11. The molecule has 1 aromatic heterocycles. The number of rotatable bonds is 4.